The highest BCUT2D eigenvalue weighted by atomic mass is 19.3. The van der Waals surface area contributed by atoms with Crippen LogP contribution in [0, 0.1) is 0 Å². The smallest absolute Gasteiger partial charge is 0.387 e. The topological polar surface area (TPSA) is 50.8 Å². The first-order valence-corrected chi connectivity index (χ1v) is 7.04. The van der Waals surface area contributed by atoms with Gasteiger partial charge < -0.3 is 19.7 Å². The van der Waals surface area contributed by atoms with Gasteiger partial charge in [-0.3, -0.25) is 0 Å². The Bertz CT molecular complexity index is 441. The molecule has 0 bridgehead atoms. The van der Waals surface area contributed by atoms with Crippen molar-refractivity contribution >= 4 is 6.03 Å². The monoisotopic (exact) mass is 316 g/mol. The normalized spacial score (nSPS) is 10.6. The molecular weight excluding hydrogens is 294 g/mol. The highest BCUT2D eigenvalue weighted by molar-refractivity contribution is 5.73. The summed E-state index contributed by atoms with van der Waals surface area (Å²) < 4.78 is 33.2. The Morgan fingerprint density at radius 3 is 2.59 bits per heavy atom. The molecule has 1 rings (SSSR count). The van der Waals surface area contributed by atoms with Gasteiger partial charge >= 0.3 is 12.6 Å². The summed E-state index contributed by atoms with van der Waals surface area (Å²) in [6.45, 7) is -1.11. The van der Waals surface area contributed by atoms with E-state index in [1.165, 1.54) is 12.1 Å². The minimum Gasteiger partial charge on any atom is -0.435 e. The SMILES string of the molecule is COCCCN(C)C(=O)NCCc1ccc(OC(F)F)cc1. The van der Waals surface area contributed by atoms with Crippen LogP contribution in [0.15, 0.2) is 24.3 Å². The van der Waals surface area contributed by atoms with Crippen LogP contribution in [0.2, 0.25) is 0 Å². The standard InChI is InChI=1S/C15H22F2N2O3/c1-19(10-3-11-21-2)15(20)18-9-8-12-4-6-13(7-5-12)22-14(16)17/h4-7,14H,3,8-11H2,1-2H3,(H,18,20). The molecule has 0 fully saturated rings. The molecule has 0 atom stereocenters. The average molecular weight is 316 g/mol. The molecule has 0 saturated heterocycles. The number of hydrogen-bond acceptors (Lipinski definition) is 3. The van der Waals surface area contributed by atoms with Crippen LogP contribution in [-0.2, 0) is 11.2 Å². The molecule has 0 saturated carbocycles. The van der Waals surface area contributed by atoms with E-state index < -0.39 is 6.61 Å². The van der Waals surface area contributed by atoms with Crippen LogP contribution in [0.5, 0.6) is 5.75 Å². The lowest BCUT2D eigenvalue weighted by molar-refractivity contribution is -0.0498. The van der Waals surface area contributed by atoms with E-state index in [-0.39, 0.29) is 11.8 Å². The third-order valence-corrected chi connectivity index (χ3v) is 3.03. The molecule has 124 valence electrons. The van der Waals surface area contributed by atoms with Crippen LogP contribution in [0.25, 0.3) is 0 Å². The van der Waals surface area contributed by atoms with E-state index in [0.717, 1.165) is 12.0 Å². The number of urea groups is 1. The average Bonchev–Trinajstić information content (AvgIpc) is 2.48. The summed E-state index contributed by atoms with van der Waals surface area (Å²) in [7, 11) is 3.35. The summed E-state index contributed by atoms with van der Waals surface area (Å²) in [5, 5.41) is 2.80. The molecule has 5 nitrogen and oxygen atoms in total. The van der Waals surface area contributed by atoms with Crippen LogP contribution in [0.3, 0.4) is 0 Å². The van der Waals surface area contributed by atoms with Crippen molar-refractivity contribution in [2.24, 2.45) is 0 Å². The van der Waals surface area contributed by atoms with Crippen molar-refractivity contribution in [1.29, 1.82) is 0 Å². The number of carbonyl (C=O) groups is 1. The van der Waals surface area contributed by atoms with Crippen LogP contribution in [0.1, 0.15) is 12.0 Å². The van der Waals surface area contributed by atoms with Gasteiger partial charge in [0.25, 0.3) is 0 Å². The Morgan fingerprint density at radius 1 is 1.32 bits per heavy atom. The molecule has 0 unspecified atom stereocenters. The number of amides is 2. The van der Waals surface area contributed by atoms with Gasteiger partial charge in [-0.15, -0.1) is 0 Å². The summed E-state index contributed by atoms with van der Waals surface area (Å²) in [6, 6.07) is 6.23. The minimum absolute atomic E-state index is 0.126. The molecule has 0 aromatic heterocycles. The van der Waals surface area contributed by atoms with Gasteiger partial charge in [-0.05, 0) is 30.5 Å². The van der Waals surface area contributed by atoms with Crippen molar-refractivity contribution in [2.75, 3.05) is 33.9 Å². The van der Waals surface area contributed by atoms with Gasteiger partial charge in [-0.2, -0.15) is 8.78 Å². The molecule has 0 aliphatic carbocycles. The zero-order valence-corrected chi connectivity index (χ0v) is 12.9. The number of carbonyl (C=O) groups excluding carboxylic acids is 1. The first kappa shape index (κ1) is 18.2. The Balaban J connectivity index is 2.27. The molecule has 0 heterocycles. The number of benzene rings is 1. The molecule has 22 heavy (non-hydrogen) atoms. The van der Waals surface area contributed by atoms with Crippen molar-refractivity contribution in [3.63, 3.8) is 0 Å². The van der Waals surface area contributed by atoms with Gasteiger partial charge in [0.1, 0.15) is 5.75 Å². The minimum atomic E-state index is -2.82. The molecular formula is C15H22F2N2O3. The van der Waals surface area contributed by atoms with Gasteiger partial charge in [0, 0.05) is 33.9 Å². The van der Waals surface area contributed by atoms with E-state index in [1.807, 2.05) is 0 Å². The largest absolute Gasteiger partial charge is 0.435 e. The fourth-order valence-electron chi connectivity index (χ4n) is 1.83. The van der Waals surface area contributed by atoms with Crippen molar-refractivity contribution in [2.45, 2.75) is 19.5 Å². The van der Waals surface area contributed by atoms with E-state index in [2.05, 4.69) is 10.1 Å². The number of alkyl halides is 2. The van der Waals surface area contributed by atoms with Crippen molar-refractivity contribution in [3.8, 4) is 5.75 Å². The fraction of sp³-hybridized carbons (Fsp3) is 0.533. The number of methoxy groups -OCH3 is 1. The summed E-state index contributed by atoms with van der Waals surface area (Å²) in [4.78, 5) is 13.4. The Morgan fingerprint density at radius 2 is 2.00 bits per heavy atom. The predicted molar refractivity (Wildman–Crippen MR) is 79.3 cm³/mol. The predicted octanol–water partition coefficient (Wildman–Crippen LogP) is 2.51. The zero-order valence-electron chi connectivity index (χ0n) is 12.9. The van der Waals surface area contributed by atoms with Gasteiger partial charge in [-0.1, -0.05) is 12.1 Å². The van der Waals surface area contributed by atoms with Gasteiger partial charge in [0.15, 0.2) is 0 Å². The Kier molecular flexibility index (Phi) is 8.21. The van der Waals surface area contributed by atoms with Crippen LogP contribution < -0.4 is 10.1 Å². The van der Waals surface area contributed by atoms with Gasteiger partial charge in [0.2, 0.25) is 0 Å². The lowest BCUT2D eigenvalue weighted by Crippen LogP contribution is -2.38. The fourth-order valence-corrected chi connectivity index (χ4v) is 1.83. The van der Waals surface area contributed by atoms with E-state index in [0.29, 0.717) is 26.1 Å². The highest BCUT2D eigenvalue weighted by Crippen LogP contribution is 2.14. The molecule has 1 aromatic carbocycles. The third kappa shape index (κ3) is 7.21. The van der Waals surface area contributed by atoms with Gasteiger partial charge in [0.05, 0.1) is 0 Å². The number of hydrogen-bond donors (Lipinski definition) is 1. The molecule has 2 amide bonds. The second kappa shape index (κ2) is 9.94. The maximum atomic E-state index is 12.0. The second-order valence-electron chi connectivity index (χ2n) is 4.77. The molecule has 0 aliphatic heterocycles. The molecule has 1 N–H and O–H groups in total. The first-order chi connectivity index (χ1) is 10.5. The molecule has 1 aromatic rings. The summed E-state index contributed by atoms with van der Waals surface area (Å²) in [5.74, 6) is 0.126. The maximum Gasteiger partial charge on any atom is 0.387 e. The second-order valence-corrected chi connectivity index (χ2v) is 4.77. The Labute approximate surface area is 129 Å². The molecule has 0 aliphatic rings. The third-order valence-electron chi connectivity index (χ3n) is 3.03. The Hall–Kier alpha value is -1.89. The van der Waals surface area contributed by atoms with Crippen LogP contribution in [0.4, 0.5) is 13.6 Å². The molecule has 0 radical (unpaired) electrons. The number of nitrogens with one attached hydrogen (secondary N) is 1. The lowest BCUT2D eigenvalue weighted by atomic mass is 10.1. The summed E-state index contributed by atoms with van der Waals surface area (Å²) in [6.07, 6.45) is 1.40. The number of ether oxygens (including phenoxy) is 2. The van der Waals surface area contributed by atoms with Crippen molar-refractivity contribution in [3.05, 3.63) is 29.8 Å². The summed E-state index contributed by atoms with van der Waals surface area (Å²) in [5.41, 5.74) is 0.934. The van der Waals surface area contributed by atoms with E-state index >= 15 is 0 Å². The van der Waals surface area contributed by atoms with E-state index in [1.54, 1.807) is 31.2 Å². The van der Waals surface area contributed by atoms with Crippen LogP contribution >= 0.6 is 0 Å². The maximum absolute atomic E-state index is 12.0. The number of rotatable bonds is 9. The molecule has 0 spiro atoms. The van der Waals surface area contributed by atoms with Gasteiger partial charge in [-0.25, -0.2) is 4.79 Å². The summed E-state index contributed by atoms with van der Waals surface area (Å²) >= 11 is 0. The van der Waals surface area contributed by atoms with Crippen LogP contribution in [-0.4, -0.2) is 51.4 Å². The highest BCUT2D eigenvalue weighted by Gasteiger charge is 2.07. The lowest BCUT2D eigenvalue weighted by Gasteiger charge is -2.17. The quantitative estimate of drug-likeness (QED) is 0.712. The van der Waals surface area contributed by atoms with E-state index in [4.69, 9.17) is 4.74 Å². The first-order valence-electron chi connectivity index (χ1n) is 7.04. The zero-order chi connectivity index (χ0) is 16.4. The van der Waals surface area contributed by atoms with E-state index in [9.17, 15) is 13.6 Å². The molecule has 7 heteroatoms. The number of nitrogens with zero attached hydrogens (tertiary/aromatic N) is 1. The van der Waals surface area contributed by atoms with Crippen molar-refractivity contribution < 1.29 is 23.0 Å². The van der Waals surface area contributed by atoms with Crippen molar-refractivity contribution in [1.82, 2.24) is 10.2 Å². The number of halogens is 2.